The molecule has 24 heavy (non-hydrogen) atoms. The molecule has 3 rings (SSSR count). The monoisotopic (exact) mass is 329 g/mol. The third kappa shape index (κ3) is 4.83. The summed E-state index contributed by atoms with van der Waals surface area (Å²) in [4.78, 5) is 16.1. The molecule has 2 aromatic rings. The van der Waals surface area contributed by atoms with Gasteiger partial charge in [-0.3, -0.25) is 4.79 Å². The summed E-state index contributed by atoms with van der Waals surface area (Å²) in [5, 5.41) is 2.92. The second kappa shape index (κ2) is 8.49. The largest absolute Gasteiger partial charge is 0.491 e. The molecule has 1 N–H and O–H groups in total. The zero-order chi connectivity index (χ0) is 16.6. The van der Waals surface area contributed by atoms with E-state index in [0.29, 0.717) is 18.7 Å². The zero-order valence-corrected chi connectivity index (χ0v) is 13.7. The van der Waals surface area contributed by atoms with Crippen LogP contribution in [-0.4, -0.2) is 41.3 Å². The Balaban J connectivity index is 1.38. The number of aryl methyl sites for hydroxylation is 1. The highest BCUT2D eigenvalue weighted by Crippen LogP contribution is 2.16. The van der Waals surface area contributed by atoms with Crippen LogP contribution in [0.2, 0.25) is 0 Å². The van der Waals surface area contributed by atoms with Crippen LogP contribution in [0.1, 0.15) is 29.6 Å². The smallest absolute Gasteiger partial charge is 0.251 e. The van der Waals surface area contributed by atoms with Crippen molar-refractivity contribution in [3.63, 3.8) is 0 Å². The number of ether oxygens (including phenoxy) is 2. The van der Waals surface area contributed by atoms with Gasteiger partial charge >= 0.3 is 0 Å². The van der Waals surface area contributed by atoms with Gasteiger partial charge < -0.3 is 19.4 Å². The molecule has 0 aliphatic carbocycles. The SMILES string of the molecule is O=C(NCCCn1ccnc1)c1ccc(OCC2CCCO2)cc1. The fraction of sp³-hybridized carbons (Fsp3) is 0.444. The minimum absolute atomic E-state index is 0.0636. The van der Waals surface area contributed by atoms with Gasteiger partial charge in [0, 0.05) is 37.7 Å². The van der Waals surface area contributed by atoms with E-state index in [1.807, 2.05) is 22.9 Å². The molecule has 1 amide bonds. The summed E-state index contributed by atoms with van der Waals surface area (Å²) >= 11 is 0. The highest BCUT2D eigenvalue weighted by Gasteiger charge is 2.16. The van der Waals surface area contributed by atoms with Gasteiger partial charge in [-0.05, 0) is 43.5 Å². The van der Waals surface area contributed by atoms with Crippen molar-refractivity contribution < 1.29 is 14.3 Å². The predicted octanol–water partition coefficient (Wildman–Crippen LogP) is 2.26. The fourth-order valence-electron chi connectivity index (χ4n) is 2.65. The van der Waals surface area contributed by atoms with E-state index >= 15 is 0 Å². The second-order valence-electron chi connectivity index (χ2n) is 5.88. The minimum Gasteiger partial charge on any atom is -0.491 e. The molecular formula is C18H23N3O3. The van der Waals surface area contributed by atoms with Crippen molar-refractivity contribution in [2.75, 3.05) is 19.8 Å². The summed E-state index contributed by atoms with van der Waals surface area (Å²) < 4.78 is 13.2. The number of carbonyl (C=O) groups excluding carboxylic acids is 1. The van der Waals surface area contributed by atoms with Crippen molar-refractivity contribution in [3.8, 4) is 5.75 Å². The van der Waals surface area contributed by atoms with Crippen molar-refractivity contribution in [1.29, 1.82) is 0 Å². The molecule has 2 heterocycles. The first-order valence-electron chi connectivity index (χ1n) is 8.40. The maximum absolute atomic E-state index is 12.1. The summed E-state index contributed by atoms with van der Waals surface area (Å²) in [6, 6.07) is 7.23. The van der Waals surface area contributed by atoms with Crippen molar-refractivity contribution in [1.82, 2.24) is 14.9 Å². The molecule has 1 aliphatic heterocycles. The number of rotatable bonds is 8. The van der Waals surface area contributed by atoms with Gasteiger partial charge in [-0.2, -0.15) is 0 Å². The molecule has 6 nitrogen and oxygen atoms in total. The Morgan fingerprint density at radius 1 is 1.38 bits per heavy atom. The van der Waals surface area contributed by atoms with E-state index in [1.165, 1.54) is 0 Å². The second-order valence-corrected chi connectivity index (χ2v) is 5.88. The number of hydrogen-bond donors (Lipinski definition) is 1. The van der Waals surface area contributed by atoms with E-state index < -0.39 is 0 Å². The summed E-state index contributed by atoms with van der Waals surface area (Å²) in [6.07, 6.45) is 8.66. The Morgan fingerprint density at radius 2 is 2.25 bits per heavy atom. The quantitative estimate of drug-likeness (QED) is 0.755. The Labute approximate surface area is 141 Å². The lowest BCUT2D eigenvalue weighted by Gasteiger charge is -2.11. The van der Waals surface area contributed by atoms with E-state index in [9.17, 15) is 4.79 Å². The molecule has 1 atom stereocenters. The van der Waals surface area contributed by atoms with Crippen LogP contribution >= 0.6 is 0 Å². The Bertz CT molecular complexity index is 619. The fourth-order valence-corrected chi connectivity index (χ4v) is 2.65. The first-order valence-corrected chi connectivity index (χ1v) is 8.40. The average molecular weight is 329 g/mol. The number of aromatic nitrogens is 2. The molecule has 0 spiro atoms. The molecule has 1 aromatic heterocycles. The molecule has 1 fully saturated rings. The lowest BCUT2D eigenvalue weighted by atomic mass is 10.2. The van der Waals surface area contributed by atoms with E-state index in [-0.39, 0.29) is 12.0 Å². The number of amides is 1. The van der Waals surface area contributed by atoms with Crippen molar-refractivity contribution in [2.45, 2.75) is 31.9 Å². The van der Waals surface area contributed by atoms with Crippen LogP contribution in [0.5, 0.6) is 5.75 Å². The normalized spacial score (nSPS) is 16.9. The van der Waals surface area contributed by atoms with Gasteiger partial charge in [0.15, 0.2) is 0 Å². The van der Waals surface area contributed by atoms with Gasteiger partial charge in [-0.25, -0.2) is 4.98 Å². The van der Waals surface area contributed by atoms with Crippen molar-refractivity contribution in [2.24, 2.45) is 0 Å². The predicted molar refractivity (Wildman–Crippen MR) is 90.1 cm³/mol. The highest BCUT2D eigenvalue weighted by molar-refractivity contribution is 5.94. The first-order chi connectivity index (χ1) is 11.8. The van der Waals surface area contributed by atoms with Gasteiger partial charge in [0.1, 0.15) is 12.4 Å². The molecule has 0 radical (unpaired) electrons. The molecule has 0 bridgehead atoms. The summed E-state index contributed by atoms with van der Waals surface area (Å²) in [6.45, 7) is 2.87. The van der Waals surface area contributed by atoms with Crippen LogP contribution in [0.25, 0.3) is 0 Å². The third-order valence-electron chi connectivity index (χ3n) is 4.01. The first kappa shape index (κ1) is 16.5. The van der Waals surface area contributed by atoms with Crippen LogP contribution < -0.4 is 10.1 Å². The topological polar surface area (TPSA) is 65.4 Å². The molecule has 1 unspecified atom stereocenters. The lowest BCUT2D eigenvalue weighted by molar-refractivity contribution is 0.0679. The Hall–Kier alpha value is -2.34. The molecule has 0 saturated carbocycles. The standard InChI is InChI=1S/C18H23N3O3/c22-18(20-8-2-10-21-11-9-19-14-21)15-4-6-16(7-5-15)24-13-17-3-1-12-23-17/h4-7,9,11,14,17H,1-3,8,10,12-13H2,(H,20,22). The molecule has 1 aliphatic rings. The summed E-state index contributed by atoms with van der Waals surface area (Å²) in [5.41, 5.74) is 0.641. The Kier molecular flexibility index (Phi) is 5.85. The van der Waals surface area contributed by atoms with Crippen LogP contribution in [0.4, 0.5) is 0 Å². The zero-order valence-electron chi connectivity index (χ0n) is 13.7. The van der Waals surface area contributed by atoms with Gasteiger partial charge in [0.2, 0.25) is 0 Å². The van der Waals surface area contributed by atoms with E-state index in [4.69, 9.17) is 9.47 Å². The van der Waals surface area contributed by atoms with E-state index in [1.54, 1.807) is 24.7 Å². The number of nitrogens with one attached hydrogen (secondary N) is 1. The van der Waals surface area contributed by atoms with E-state index in [0.717, 1.165) is 38.2 Å². The highest BCUT2D eigenvalue weighted by atomic mass is 16.5. The van der Waals surface area contributed by atoms with Crippen LogP contribution in [0.3, 0.4) is 0 Å². The molecule has 1 saturated heterocycles. The van der Waals surface area contributed by atoms with Crippen LogP contribution in [0, 0.1) is 0 Å². The van der Waals surface area contributed by atoms with Crippen LogP contribution in [-0.2, 0) is 11.3 Å². The van der Waals surface area contributed by atoms with Crippen molar-refractivity contribution in [3.05, 3.63) is 48.5 Å². The number of hydrogen-bond acceptors (Lipinski definition) is 4. The summed E-state index contributed by atoms with van der Waals surface area (Å²) in [5.74, 6) is 0.702. The average Bonchev–Trinajstić information content (AvgIpc) is 3.31. The van der Waals surface area contributed by atoms with Gasteiger partial charge in [0.25, 0.3) is 5.91 Å². The van der Waals surface area contributed by atoms with E-state index in [2.05, 4.69) is 10.3 Å². The van der Waals surface area contributed by atoms with Gasteiger partial charge in [-0.15, -0.1) is 0 Å². The third-order valence-corrected chi connectivity index (χ3v) is 4.01. The molecular weight excluding hydrogens is 306 g/mol. The minimum atomic E-state index is -0.0636. The number of benzene rings is 1. The van der Waals surface area contributed by atoms with Crippen molar-refractivity contribution >= 4 is 5.91 Å². The summed E-state index contributed by atoms with van der Waals surface area (Å²) in [7, 11) is 0. The number of nitrogens with zero attached hydrogens (tertiary/aromatic N) is 2. The molecule has 6 heteroatoms. The lowest BCUT2D eigenvalue weighted by Crippen LogP contribution is -2.25. The van der Waals surface area contributed by atoms with Gasteiger partial charge in [-0.1, -0.05) is 0 Å². The number of carbonyl (C=O) groups is 1. The molecule has 128 valence electrons. The van der Waals surface area contributed by atoms with Crippen LogP contribution in [0.15, 0.2) is 43.0 Å². The maximum Gasteiger partial charge on any atom is 0.251 e. The molecule has 1 aromatic carbocycles. The number of imidazole rings is 1. The maximum atomic E-state index is 12.1. The Morgan fingerprint density at radius 3 is 2.96 bits per heavy atom. The van der Waals surface area contributed by atoms with Gasteiger partial charge in [0.05, 0.1) is 12.4 Å².